The number of rotatable bonds is 6. The van der Waals surface area contributed by atoms with Gasteiger partial charge in [-0.25, -0.2) is 4.79 Å². The van der Waals surface area contributed by atoms with Crippen molar-refractivity contribution < 1.29 is 24.0 Å². The molecule has 1 aromatic rings. The first kappa shape index (κ1) is 17.4. The standard InChI is InChI=1S/C14H18N2O6/c1-14(2,3)22-13(18)15-6-7-21-12-5-4-10(9-17)8-11(12)16(19)20/h4-5,8-9H,6-7H2,1-3H3,(H,15,18). The molecule has 0 aliphatic heterocycles. The zero-order chi connectivity index (χ0) is 16.8. The second-order valence-corrected chi connectivity index (χ2v) is 5.38. The van der Waals surface area contributed by atoms with Crippen molar-refractivity contribution in [2.24, 2.45) is 0 Å². The number of amides is 1. The number of nitro benzene ring substituents is 1. The van der Waals surface area contributed by atoms with Gasteiger partial charge in [0.05, 0.1) is 11.5 Å². The van der Waals surface area contributed by atoms with Gasteiger partial charge in [0.15, 0.2) is 5.75 Å². The van der Waals surface area contributed by atoms with Gasteiger partial charge in [-0.05, 0) is 32.9 Å². The normalized spacial score (nSPS) is 10.7. The molecule has 0 aliphatic rings. The molecule has 0 unspecified atom stereocenters. The zero-order valence-corrected chi connectivity index (χ0v) is 12.6. The van der Waals surface area contributed by atoms with Crippen LogP contribution in [0.25, 0.3) is 0 Å². The minimum atomic E-state index is -0.635. The molecule has 0 bridgehead atoms. The molecule has 0 spiro atoms. The van der Waals surface area contributed by atoms with E-state index in [0.717, 1.165) is 6.07 Å². The SMILES string of the molecule is CC(C)(C)OC(=O)NCCOc1ccc(C=O)cc1[N+](=O)[O-]. The van der Waals surface area contributed by atoms with Gasteiger partial charge in [0.2, 0.25) is 0 Å². The van der Waals surface area contributed by atoms with E-state index in [4.69, 9.17) is 9.47 Å². The first-order chi connectivity index (χ1) is 10.2. The molecular weight excluding hydrogens is 292 g/mol. The smallest absolute Gasteiger partial charge is 0.407 e. The number of alkyl carbamates (subject to hydrolysis) is 1. The van der Waals surface area contributed by atoms with Crippen LogP contribution in [0.15, 0.2) is 18.2 Å². The minimum absolute atomic E-state index is 0.0283. The molecule has 120 valence electrons. The molecule has 0 atom stereocenters. The number of nitro groups is 1. The van der Waals surface area contributed by atoms with Crippen LogP contribution >= 0.6 is 0 Å². The molecule has 0 radical (unpaired) electrons. The number of ether oxygens (including phenoxy) is 2. The lowest BCUT2D eigenvalue weighted by molar-refractivity contribution is -0.385. The van der Waals surface area contributed by atoms with E-state index in [-0.39, 0.29) is 30.2 Å². The third-order valence-electron chi connectivity index (χ3n) is 2.34. The number of carbonyl (C=O) groups excluding carboxylic acids is 2. The number of carbonyl (C=O) groups is 2. The van der Waals surface area contributed by atoms with Crippen molar-refractivity contribution >= 4 is 18.1 Å². The van der Waals surface area contributed by atoms with Crippen molar-refractivity contribution in [2.45, 2.75) is 26.4 Å². The highest BCUT2D eigenvalue weighted by molar-refractivity contribution is 5.77. The fraction of sp³-hybridized carbons (Fsp3) is 0.429. The third kappa shape index (κ3) is 5.78. The average Bonchev–Trinajstić information content (AvgIpc) is 2.41. The number of benzene rings is 1. The summed E-state index contributed by atoms with van der Waals surface area (Å²) in [4.78, 5) is 32.3. The van der Waals surface area contributed by atoms with Gasteiger partial charge in [-0.1, -0.05) is 0 Å². The van der Waals surface area contributed by atoms with Crippen molar-refractivity contribution in [1.82, 2.24) is 5.32 Å². The highest BCUT2D eigenvalue weighted by Gasteiger charge is 2.17. The lowest BCUT2D eigenvalue weighted by Gasteiger charge is -2.19. The Morgan fingerprint density at radius 2 is 2.09 bits per heavy atom. The maximum Gasteiger partial charge on any atom is 0.407 e. The Balaban J connectivity index is 2.53. The van der Waals surface area contributed by atoms with Crippen LogP contribution in [-0.2, 0) is 4.74 Å². The van der Waals surface area contributed by atoms with E-state index < -0.39 is 16.6 Å². The van der Waals surface area contributed by atoms with E-state index in [1.807, 2.05) is 0 Å². The molecule has 8 nitrogen and oxygen atoms in total. The Bertz CT molecular complexity index is 565. The summed E-state index contributed by atoms with van der Waals surface area (Å²) >= 11 is 0. The zero-order valence-electron chi connectivity index (χ0n) is 12.6. The molecule has 0 saturated heterocycles. The van der Waals surface area contributed by atoms with Crippen LogP contribution in [0.2, 0.25) is 0 Å². The molecule has 8 heteroatoms. The molecule has 0 aliphatic carbocycles. The molecule has 0 aromatic heterocycles. The third-order valence-corrected chi connectivity index (χ3v) is 2.34. The van der Waals surface area contributed by atoms with Gasteiger partial charge < -0.3 is 14.8 Å². The first-order valence-corrected chi connectivity index (χ1v) is 6.56. The molecule has 0 saturated carbocycles. The van der Waals surface area contributed by atoms with E-state index in [9.17, 15) is 19.7 Å². The molecule has 0 heterocycles. The van der Waals surface area contributed by atoms with E-state index >= 15 is 0 Å². The van der Waals surface area contributed by atoms with E-state index in [1.54, 1.807) is 20.8 Å². The maximum atomic E-state index is 11.4. The molecule has 1 aromatic carbocycles. The summed E-state index contributed by atoms with van der Waals surface area (Å²) in [5.41, 5.74) is -0.721. The predicted octanol–water partition coefficient (Wildman–Crippen LogP) is 2.31. The number of hydrogen-bond donors (Lipinski definition) is 1. The number of nitrogens with one attached hydrogen (secondary N) is 1. The van der Waals surface area contributed by atoms with Gasteiger partial charge in [-0.15, -0.1) is 0 Å². The summed E-state index contributed by atoms with van der Waals surface area (Å²) < 4.78 is 10.3. The van der Waals surface area contributed by atoms with Crippen molar-refractivity contribution in [2.75, 3.05) is 13.2 Å². The van der Waals surface area contributed by atoms with Crippen LogP contribution < -0.4 is 10.1 Å². The number of hydrogen-bond acceptors (Lipinski definition) is 6. The van der Waals surface area contributed by atoms with Crippen LogP contribution in [0, 0.1) is 10.1 Å². The van der Waals surface area contributed by atoms with Crippen LogP contribution in [0.1, 0.15) is 31.1 Å². The van der Waals surface area contributed by atoms with Crippen LogP contribution in [0.5, 0.6) is 5.75 Å². The molecule has 0 fully saturated rings. The summed E-state index contributed by atoms with van der Waals surface area (Å²) in [5, 5.41) is 13.4. The lowest BCUT2D eigenvalue weighted by Crippen LogP contribution is -2.34. The van der Waals surface area contributed by atoms with Crippen molar-refractivity contribution in [3.05, 3.63) is 33.9 Å². The van der Waals surface area contributed by atoms with Gasteiger partial charge in [0.1, 0.15) is 18.5 Å². The Labute approximate surface area is 127 Å². The van der Waals surface area contributed by atoms with E-state index in [2.05, 4.69) is 5.32 Å². The van der Waals surface area contributed by atoms with Crippen LogP contribution in [-0.4, -0.2) is 36.1 Å². The molecule has 1 N–H and O–H groups in total. The summed E-state index contributed by atoms with van der Waals surface area (Å²) in [5.74, 6) is 0.0292. The van der Waals surface area contributed by atoms with Crippen molar-refractivity contribution in [3.8, 4) is 5.75 Å². The van der Waals surface area contributed by atoms with Gasteiger partial charge in [-0.3, -0.25) is 14.9 Å². The summed E-state index contributed by atoms with van der Waals surface area (Å²) in [6, 6.07) is 3.88. The second kappa shape index (κ2) is 7.39. The highest BCUT2D eigenvalue weighted by atomic mass is 16.6. The summed E-state index contributed by atoms with van der Waals surface area (Å²) in [6.45, 7) is 5.37. The topological polar surface area (TPSA) is 108 Å². The first-order valence-electron chi connectivity index (χ1n) is 6.56. The summed E-state index contributed by atoms with van der Waals surface area (Å²) in [7, 11) is 0. The number of nitrogens with zero attached hydrogens (tertiary/aromatic N) is 1. The van der Waals surface area contributed by atoms with Gasteiger partial charge in [-0.2, -0.15) is 0 Å². The fourth-order valence-electron chi connectivity index (χ4n) is 1.50. The Morgan fingerprint density at radius 1 is 1.41 bits per heavy atom. The maximum absolute atomic E-state index is 11.4. The second-order valence-electron chi connectivity index (χ2n) is 5.38. The van der Waals surface area contributed by atoms with Gasteiger partial charge >= 0.3 is 11.8 Å². The van der Waals surface area contributed by atoms with E-state index in [1.165, 1.54) is 12.1 Å². The summed E-state index contributed by atoms with van der Waals surface area (Å²) in [6.07, 6.45) is -0.0807. The number of aldehydes is 1. The Kier molecular flexibility index (Phi) is 5.85. The molecule has 1 amide bonds. The Hall–Kier alpha value is -2.64. The predicted molar refractivity (Wildman–Crippen MR) is 78.2 cm³/mol. The molecule has 22 heavy (non-hydrogen) atoms. The van der Waals surface area contributed by atoms with Crippen molar-refractivity contribution in [3.63, 3.8) is 0 Å². The van der Waals surface area contributed by atoms with Crippen LogP contribution in [0.4, 0.5) is 10.5 Å². The quantitative estimate of drug-likeness (QED) is 0.374. The molecular formula is C14H18N2O6. The lowest BCUT2D eigenvalue weighted by atomic mass is 10.2. The van der Waals surface area contributed by atoms with Gasteiger partial charge in [0.25, 0.3) is 0 Å². The van der Waals surface area contributed by atoms with Gasteiger partial charge in [0, 0.05) is 11.6 Å². The fourth-order valence-corrected chi connectivity index (χ4v) is 1.50. The highest BCUT2D eigenvalue weighted by Crippen LogP contribution is 2.27. The largest absolute Gasteiger partial charge is 0.485 e. The van der Waals surface area contributed by atoms with Crippen molar-refractivity contribution in [1.29, 1.82) is 0 Å². The minimum Gasteiger partial charge on any atom is -0.485 e. The molecule has 1 rings (SSSR count). The average molecular weight is 310 g/mol. The van der Waals surface area contributed by atoms with E-state index in [0.29, 0.717) is 6.29 Å². The Morgan fingerprint density at radius 3 is 2.64 bits per heavy atom. The monoisotopic (exact) mass is 310 g/mol. The van der Waals surface area contributed by atoms with Crippen LogP contribution in [0.3, 0.4) is 0 Å².